The average molecular weight is 762 g/mol. The first-order valence-electron chi connectivity index (χ1n) is 15.4. The van der Waals surface area contributed by atoms with Gasteiger partial charge in [0.05, 0.1) is 5.69 Å². The van der Waals surface area contributed by atoms with Crippen LogP contribution in [0.25, 0.3) is 0 Å². The fraction of sp³-hybridized carbons (Fsp3) is 0.528. The Kier molecular flexibility index (Phi) is 19.2. The van der Waals surface area contributed by atoms with Crippen LogP contribution >= 0.6 is 0 Å². The Hall–Kier alpha value is -1.38. The van der Waals surface area contributed by atoms with Gasteiger partial charge in [-0.25, -0.2) is 0 Å². The van der Waals surface area contributed by atoms with Crippen LogP contribution in [-0.4, -0.2) is 36.1 Å². The van der Waals surface area contributed by atoms with Crippen molar-refractivity contribution in [3.8, 4) is 0 Å². The van der Waals surface area contributed by atoms with Gasteiger partial charge in [-0.3, -0.25) is 9.88 Å². The number of hydrogen-bond donors (Lipinski definition) is 2. The molecule has 3 aromatic rings. The van der Waals surface area contributed by atoms with Gasteiger partial charge in [0.25, 0.3) is 0 Å². The van der Waals surface area contributed by atoms with Crippen LogP contribution in [0, 0.1) is 13.8 Å². The second-order valence-corrected chi connectivity index (χ2v) is 12.7. The number of benzene rings is 2. The van der Waals surface area contributed by atoms with Crippen LogP contribution in [0.15, 0.2) is 48.7 Å². The van der Waals surface area contributed by atoms with E-state index in [2.05, 4.69) is 126 Å². The van der Waals surface area contributed by atoms with Crippen molar-refractivity contribution in [2.75, 3.05) is 36.8 Å². The summed E-state index contributed by atoms with van der Waals surface area (Å²) in [5, 5.41) is 7.74. The summed E-state index contributed by atoms with van der Waals surface area (Å²) in [6.45, 7) is 27.3. The molecule has 2 N–H and O–H groups in total. The smallest absolute Gasteiger partial charge is 1.00 e. The van der Waals surface area contributed by atoms with E-state index in [0.717, 1.165) is 38.4 Å². The zero-order chi connectivity index (χ0) is 29.4. The molecule has 0 aliphatic carbocycles. The number of anilines is 2. The van der Waals surface area contributed by atoms with Crippen LogP contribution in [0.2, 0.25) is 0 Å². The van der Waals surface area contributed by atoms with E-state index >= 15 is 0 Å². The van der Waals surface area contributed by atoms with Crippen LogP contribution in [0.5, 0.6) is 0 Å². The van der Waals surface area contributed by atoms with Crippen molar-refractivity contribution in [2.45, 2.75) is 99.5 Å². The molecule has 3 rings (SSSR count). The van der Waals surface area contributed by atoms with Crippen LogP contribution in [-0.2, 0) is 23.3 Å². The Bertz CT molecular complexity index is 1100. The Labute approximate surface area is 294 Å². The summed E-state index contributed by atoms with van der Waals surface area (Å²) < 4.78 is 0. The monoisotopic (exact) mass is 759 g/mol. The number of pyridine rings is 1. The van der Waals surface area contributed by atoms with Crippen molar-refractivity contribution in [1.82, 2.24) is 9.88 Å². The fourth-order valence-electron chi connectivity index (χ4n) is 5.58. The quantitative estimate of drug-likeness (QED) is 0.265. The first-order chi connectivity index (χ1) is 19.0. The van der Waals surface area contributed by atoms with E-state index in [0.29, 0.717) is 23.7 Å². The summed E-state index contributed by atoms with van der Waals surface area (Å²) in [6, 6.07) is 15.6. The van der Waals surface area contributed by atoms with Gasteiger partial charge >= 0.3 is 16.8 Å². The average Bonchev–Trinajstić information content (AvgIpc) is 2.89. The third-order valence-electron chi connectivity index (χ3n) is 7.75. The van der Waals surface area contributed by atoms with Gasteiger partial charge in [0, 0.05) is 50.3 Å². The normalized spacial score (nSPS) is 11.0. The molecule has 241 valence electrons. The van der Waals surface area contributed by atoms with Crippen molar-refractivity contribution in [3.63, 3.8) is 0 Å². The Morgan fingerprint density at radius 1 is 0.628 bits per heavy atom. The molecule has 0 aliphatic heterocycles. The number of aryl methyl sites for hydroxylation is 2. The van der Waals surface area contributed by atoms with Gasteiger partial charge in [0.1, 0.15) is 0 Å². The Morgan fingerprint density at radius 3 is 1.30 bits per heavy atom. The third kappa shape index (κ3) is 12.1. The summed E-state index contributed by atoms with van der Waals surface area (Å²) in [7, 11) is 0. The van der Waals surface area contributed by atoms with Crippen LogP contribution < -0.4 is 44.6 Å². The number of hydrogen-bond acceptors (Lipinski definition) is 4. The van der Waals surface area contributed by atoms with E-state index in [1.807, 2.05) is 12.3 Å². The van der Waals surface area contributed by atoms with Crippen molar-refractivity contribution in [1.29, 1.82) is 0 Å². The first-order valence-corrected chi connectivity index (χ1v) is 15.4. The number of nitrogens with zero attached hydrogens (tertiary/aromatic N) is 2. The molecule has 1 heterocycles. The summed E-state index contributed by atoms with van der Waals surface area (Å²) in [4.78, 5) is 7.16. The molecule has 0 spiro atoms. The minimum absolute atomic E-state index is 0. The van der Waals surface area contributed by atoms with Gasteiger partial charge in [0.15, 0.2) is 0 Å². The summed E-state index contributed by atoms with van der Waals surface area (Å²) in [6.07, 6.45) is 1.90. The van der Waals surface area contributed by atoms with Gasteiger partial charge in [-0.15, -0.1) is 0 Å². The van der Waals surface area contributed by atoms with E-state index in [1.165, 1.54) is 44.8 Å². The molecule has 0 saturated carbocycles. The van der Waals surface area contributed by atoms with Crippen LogP contribution in [0.3, 0.4) is 0 Å². The molecule has 1 aromatic heterocycles. The zero-order valence-electron chi connectivity index (χ0n) is 27.9. The second-order valence-electron chi connectivity index (χ2n) is 12.7. The van der Waals surface area contributed by atoms with Crippen molar-refractivity contribution in [2.24, 2.45) is 0 Å². The summed E-state index contributed by atoms with van der Waals surface area (Å²) in [5.74, 6) is 1.92. The molecule has 1 radical (unpaired) electrons. The van der Waals surface area contributed by atoms with Crippen molar-refractivity contribution >= 4 is 11.4 Å². The van der Waals surface area contributed by atoms with E-state index < -0.39 is 0 Å². The molecule has 0 unspecified atom stereocenters. The second kappa shape index (κ2) is 19.9. The number of rotatable bonds is 14. The largest absolute Gasteiger partial charge is 2.00 e. The van der Waals surface area contributed by atoms with E-state index in [9.17, 15) is 0 Å². The van der Waals surface area contributed by atoms with Crippen LogP contribution in [0.4, 0.5) is 11.4 Å². The maximum absolute atomic E-state index is 4.64. The maximum Gasteiger partial charge on any atom is 2.00 e. The molecule has 0 aliphatic rings. The molecule has 0 fully saturated rings. The Balaban J connectivity index is 0.00000588. The first kappa shape index (κ1) is 41.6. The minimum Gasteiger partial charge on any atom is -1.00 e. The van der Waals surface area contributed by atoms with Gasteiger partial charge in [0.2, 0.25) is 0 Å². The van der Waals surface area contributed by atoms with E-state index in [4.69, 9.17) is 0 Å². The molecule has 43 heavy (non-hydrogen) atoms. The van der Waals surface area contributed by atoms with Gasteiger partial charge in [-0.1, -0.05) is 96.8 Å². The number of nitrogens with one attached hydrogen (secondary N) is 2. The molecule has 0 saturated heterocycles. The van der Waals surface area contributed by atoms with Gasteiger partial charge in [-0.05, 0) is 71.9 Å². The topological polar surface area (TPSA) is 40.2 Å². The molecular weight excluding hydrogens is 707 g/mol. The fourth-order valence-corrected chi connectivity index (χ4v) is 5.58. The number of halogens is 2. The van der Waals surface area contributed by atoms with Crippen molar-refractivity contribution < 1.29 is 50.7 Å². The molecule has 0 amide bonds. The van der Waals surface area contributed by atoms with Crippen LogP contribution in [0.1, 0.15) is 118 Å². The molecule has 7 heteroatoms. The SMILES string of the molecule is Cc1cc(C(C)C)c(NCCN(CCNc2c(C(C)C)cc(C)cc2C(C)C)Cc2ccccn2)c(C(C)C)c1.[Br-].[Br-].[Co+2]. The molecule has 0 atom stereocenters. The molecule has 4 nitrogen and oxygen atoms in total. The zero-order valence-corrected chi connectivity index (χ0v) is 32.2. The van der Waals surface area contributed by atoms with E-state index in [1.54, 1.807) is 0 Å². The number of aromatic nitrogens is 1. The Morgan fingerprint density at radius 2 is 1.00 bits per heavy atom. The predicted octanol–water partition coefficient (Wildman–Crippen LogP) is 3.22. The standard InChI is InChI=1S/C36H54N4.2BrH.Co/c1-24(2)31-19-28(9)20-32(25(3)4)35(31)38-15-17-40(23-30-13-11-12-14-37-30)18-16-39-36-33(26(5)6)21-29(10)22-34(36)27(7)8;;;/h11-14,19-22,24-27,38-39H,15-18,23H2,1-10H3;2*1H;/q;;;+2/p-2. The molecule has 0 bridgehead atoms. The third-order valence-corrected chi connectivity index (χ3v) is 7.75. The van der Waals surface area contributed by atoms with E-state index in [-0.39, 0.29) is 50.7 Å². The minimum atomic E-state index is 0. The summed E-state index contributed by atoms with van der Waals surface area (Å²) in [5.41, 5.74) is 12.1. The predicted molar refractivity (Wildman–Crippen MR) is 175 cm³/mol. The maximum atomic E-state index is 4.64. The van der Waals surface area contributed by atoms with Gasteiger partial charge < -0.3 is 44.6 Å². The summed E-state index contributed by atoms with van der Waals surface area (Å²) >= 11 is 0. The van der Waals surface area contributed by atoms with Crippen molar-refractivity contribution in [3.05, 3.63) is 87.7 Å². The van der Waals surface area contributed by atoms with Gasteiger partial charge in [-0.2, -0.15) is 0 Å². The molecular formula is C36H54Br2CoN4. The molecule has 2 aromatic carbocycles.